The molecule has 0 fully saturated rings. The van der Waals surface area contributed by atoms with Gasteiger partial charge in [0.2, 0.25) is 22.1 Å². The zero-order chi connectivity index (χ0) is 31.4. The molecule has 4 heteroatoms. The largest absolute Gasteiger partial charge is 0.212 e. The van der Waals surface area contributed by atoms with Crippen LogP contribution in [0.4, 0.5) is 0 Å². The van der Waals surface area contributed by atoms with Gasteiger partial charge in [-0.15, -0.1) is 0 Å². The summed E-state index contributed by atoms with van der Waals surface area (Å²) >= 11 is 0. The minimum absolute atomic E-state index is 1.19. The molecule has 0 saturated heterocycles. The van der Waals surface area contributed by atoms with Crippen LogP contribution in [0, 0.1) is 0 Å². The van der Waals surface area contributed by atoms with E-state index in [1.807, 2.05) is 0 Å². The van der Waals surface area contributed by atoms with Crippen molar-refractivity contribution in [3.8, 4) is 0 Å². The van der Waals surface area contributed by atoms with E-state index in [2.05, 4.69) is 193 Å². The number of pyridine rings is 4. The van der Waals surface area contributed by atoms with Crippen molar-refractivity contribution in [2.24, 2.45) is 28.2 Å². The van der Waals surface area contributed by atoms with Crippen LogP contribution >= 0.6 is 0 Å². The van der Waals surface area contributed by atoms with Crippen molar-refractivity contribution in [1.82, 2.24) is 0 Å². The molecule has 0 aliphatic heterocycles. The van der Waals surface area contributed by atoms with Gasteiger partial charge in [0.15, 0.2) is 24.8 Å². The molecule has 0 N–H and O–H groups in total. The fourth-order valence-electron chi connectivity index (χ4n) is 7.16. The Kier molecular flexibility index (Phi) is 6.65. The van der Waals surface area contributed by atoms with Gasteiger partial charge in [-0.1, -0.05) is 48.5 Å². The van der Waals surface area contributed by atoms with Crippen LogP contribution in [0.2, 0.25) is 0 Å². The number of aryl methyl sites for hydroxylation is 4. The number of benzene rings is 4. The molecule has 0 aliphatic rings. The molecule has 4 aromatic carbocycles. The van der Waals surface area contributed by atoms with Gasteiger partial charge in [-0.25, -0.2) is 18.3 Å². The maximum absolute atomic E-state index is 2.30. The fraction of sp³-hybridized carbons (Fsp3) is 0.0952. The molecule has 4 nitrogen and oxygen atoms in total. The highest BCUT2D eigenvalue weighted by atomic mass is 14.9. The van der Waals surface area contributed by atoms with Gasteiger partial charge in [-0.05, 0) is 35.4 Å². The van der Waals surface area contributed by atoms with E-state index >= 15 is 0 Å². The molecule has 4 heterocycles. The van der Waals surface area contributed by atoms with Gasteiger partial charge in [0, 0.05) is 70.8 Å². The topological polar surface area (TPSA) is 15.5 Å². The van der Waals surface area contributed by atoms with Crippen LogP contribution < -0.4 is 18.3 Å². The number of hydrogen-bond donors (Lipinski definition) is 0. The van der Waals surface area contributed by atoms with Crippen molar-refractivity contribution >= 4 is 54.8 Å². The Labute approximate surface area is 269 Å². The molecule has 0 atom stereocenters. The van der Waals surface area contributed by atoms with Crippen LogP contribution in [0.5, 0.6) is 0 Å². The highest BCUT2D eigenvalue weighted by Crippen LogP contribution is 2.43. The third kappa shape index (κ3) is 4.37. The number of nitrogens with zero attached hydrogens (tertiary/aromatic N) is 4. The lowest BCUT2D eigenvalue weighted by Gasteiger charge is -2.21. The van der Waals surface area contributed by atoms with Crippen molar-refractivity contribution in [2.45, 2.75) is 0 Å². The summed E-state index contributed by atoms with van der Waals surface area (Å²) < 4.78 is 8.87. The second-order valence-electron chi connectivity index (χ2n) is 12.2. The molecular formula is C42H36N4+4. The Balaban J connectivity index is 1.67. The lowest BCUT2D eigenvalue weighted by Crippen LogP contribution is -2.30. The molecule has 0 aliphatic carbocycles. The molecule has 0 radical (unpaired) electrons. The fourth-order valence-corrected chi connectivity index (χ4v) is 7.16. The molecule has 8 rings (SSSR count). The number of aromatic nitrogens is 4. The summed E-state index contributed by atoms with van der Waals surface area (Å²) in [6.45, 7) is 0. The van der Waals surface area contributed by atoms with E-state index in [1.54, 1.807) is 0 Å². The molecular weight excluding hydrogens is 560 g/mol. The summed E-state index contributed by atoms with van der Waals surface area (Å²) in [5, 5.41) is 4.87. The van der Waals surface area contributed by atoms with E-state index in [4.69, 9.17) is 0 Å². The molecule has 0 saturated carbocycles. The summed E-state index contributed by atoms with van der Waals surface area (Å²) in [5.41, 5.74) is 12.0. The van der Waals surface area contributed by atoms with Crippen LogP contribution in [0.3, 0.4) is 0 Å². The number of hydrogen-bond acceptors (Lipinski definition) is 0. The first kappa shape index (κ1) is 27.8. The maximum atomic E-state index is 2.30. The lowest BCUT2D eigenvalue weighted by atomic mass is 9.82. The molecule has 46 heavy (non-hydrogen) atoms. The van der Waals surface area contributed by atoms with Crippen LogP contribution in [0.15, 0.2) is 146 Å². The number of rotatable bonds is 4. The third-order valence-electron chi connectivity index (χ3n) is 9.48. The summed E-state index contributed by atoms with van der Waals surface area (Å²) in [7, 11) is 8.51. The normalized spacial score (nSPS) is 11.5. The molecule has 220 valence electrons. The van der Waals surface area contributed by atoms with Gasteiger partial charge in [0.1, 0.15) is 28.2 Å². The summed E-state index contributed by atoms with van der Waals surface area (Å²) in [5.74, 6) is 0. The first-order valence-corrected chi connectivity index (χ1v) is 15.8. The minimum Gasteiger partial charge on any atom is -0.201 e. The Bertz CT molecular complexity index is 2170. The van der Waals surface area contributed by atoms with E-state index in [0.717, 1.165) is 0 Å². The van der Waals surface area contributed by atoms with Crippen LogP contribution in [0.25, 0.3) is 54.8 Å². The van der Waals surface area contributed by atoms with E-state index < -0.39 is 0 Å². The van der Waals surface area contributed by atoms with Gasteiger partial charge in [-0.2, -0.15) is 0 Å². The molecule has 8 aromatic rings. The number of para-hydroxylation sites is 4. The maximum Gasteiger partial charge on any atom is 0.212 e. The van der Waals surface area contributed by atoms with Gasteiger partial charge in [0.05, 0.1) is 21.5 Å². The molecule has 4 aromatic heterocycles. The van der Waals surface area contributed by atoms with Gasteiger partial charge >= 0.3 is 0 Å². The van der Waals surface area contributed by atoms with Gasteiger partial charge < -0.3 is 0 Å². The molecule has 0 unspecified atom stereocenters. The Morgan fingerprint density at radius 1 is 0.304 bits per heavy atom. The van der Waals surface area contributed by atoms with E-state index in [-0.39, 0.29) is 0 Å². The van der Waals surface area contributed by atoms with Gasteiger partial charge in [-0.3, -0.25) is 0 Å². The quantitative estimate of drug-likeness (QED) is 0.204. The van der Waals surface area contributed by atoms with Crippen molar-refractivity contribution in [1.29, 1.82) is 0 Å². The second kappa shape index (κ2) is 11.0. The molecule has 0 spiro atoms. The lowest BCUT2D eigenvalue weighted by molar-refractivity contribution is -0.645. The highest BCUT2D eigenvalue weighted by molar-refractivity contribution is 6.17. The molecule has 0 amide bonds. The molecule has 0 bridgehead atoms. The standard InChI is InChI=1S/C42H36N4/c1-43-25-21-33(29-13-5-9-17-37(29)43)41(34-22-26-44(2)38-18-10-6-14-30(34)38)42(35-23-27-45(3)39-19-11-7-15-31(35)39)36-24-28-46(4)40-20-12-8-16-32(36)40/h5-28H,1-4H3/q+4. The van der Waals surface area contributed by atoms with Gasteiger partial charge in [0.25, 0.3) is 0 Å². The summed E-state index contributed by atoms with van der Waals surface area (Å²) in [4.78, 5) is 0. The average molecular weight is 597 g/mol. The summed E-state index contributed by atoms with van der Waals surface area (Å²) in [6.07, 6.45) is 8.80. The highest BCUT2D eigenvalue weighted by Gasteiger charge is 2.27. The van der Waals surface area contributed by atoms with Crippen molar-refractivity contribution in [2.75, 3.05) is 0 Å². The van der Waals surface area contributed by atoms with Crippen molar-refractivity contribution < 1.29 is 18.3 Å². The average Bonchev–Trinajstić information content (AvgIpc) is 3.10. The third-order valence-corrected chi connectivity index (χ3v) is 9.48. The van der Waals surface area contributed by atoms with Crippen LogP contribution in [-0.2, 0) is 28.2 Å². The monoisotopic (exact) mass is 596 g/mol. The first-order valence-electron chi connectivity index (χ1n) is 15.8. The van der Waals surface area contributed by atoms with E-state index in [9.17, 15) is 0 Å². The first-order chi connectivity index (χ1) is 22.5. The number of fused-ring (bicyclic) bond motifs is 4. The second-order valence-corrected chi connectivity index (χ2v) is 12.2. The Hall–Kier alpha value is -5.74. The zero-order valence-corrected chi connectivity index (χ0v) is 26.6. The summed E-state index contributed by atoms with van der Waals surface area (Å²) in [6, 6.07) is 44.3. The SMILES string of the molecule is C[n+]1ccc(C(=C(c2cc[n+](C)c3ccccc23)c2cc[n+](C)c3ccccc23)c2cc[n+](C)c3ccccc23)c2ccccc21. The zero-order valence-electron chi connectivity index (χ0n) is 26.6. The van der Waals surface area contributed by atoms with Crippen LogP contribution in [0.1, 0.15) is 22.3 Å². The minimum atomic E-state index is 1.19. The Morgan fingerprint density at radius 2 is 0.522 bits per heavy atom. The smallest absolute Gasteiger partial charge is 0.201 e. The van der Waals surface area contributed by atoms with Crippen molar-refractivity contribution in [3.05, 3.63) is 168 Å². The van der Waals surface area contributed by atoms with E-state index in [0.29, 0.717) is 0 Å². The van der Waals surface area contributed by atoms with Crippen molar-refractivity contribution in [3.63, 3.8) is 0 Å². The van der Waals surface area contributed by atoms with Crippen LogP contribution in [-0.4, -0.2) is 0 Å². The Morgan fingerprint density at radius 3 is 0.761 bits per heavy atom. The predicted octanol–water partition coefficient (Wildman–Crippen LogP) is 6.60. The van der Waals surface area contributed by atoms with E-state index in [1.165, 1.54) is 77.0 Å². The predicted molar refractivity (Wildman–Crippen MR) is 186 cm³/mol.